The molecular formula is C24H29N3O2. The standard InChI is InChI=1S/C24H29N3O2/c1-2-29-23-8-4-3-7-22(23)27-16-14-26(15-17-27)13-5-6-19-9-11-21-20(18-19)10-12-24(28)25-21/h3-9,11,18H,2,10,12-17H2,1H3,(H,25,28). The Morgan fingerprint density at radius 1 is 1.07 bits per heavy atom. The highest BCUT2D eigenvalue weighted by Gasteiger charge is 2.19. The fourth-order valence-electron chi connectivity index (χ4n) is 4.01. The highest BCUT2D eigenvalue weighted by molar-refractivity contribution is 5.94. The molecule has 1 amide bonds. The topological polar surface area (TPSA) is 44.8 Å². The van der Waals surface area contributed by atoms with E-state index in [9.17, 15) is 4.79 Å². The maximum Gasteiger partial charge on any atom is 0.224 e. The maximum atomic E-state index is 11.5. The normalized spacial score (nSPS) is 17.3. The Kier molecular flexibility index (Phi) is 6.15. The van der Waals surface area contributed by atoms with Crippen molar-refractivity contribution in [1.82, 2.24) is 4.90 Å². The number of hydrogen-bond acceptors (Lipinski definition) is 4. The average Bonchev–Trinajstić information content (AvgIpc) is 2.75. The molecule has 29 heavy (non-hydrogen) atoms. The van der Waals surface area contributed by atoms with Crippen molar-refractivity contribution in [3.8, 4) is 5.75 Å². The third-order valence-corrected chi connectivity index (χ3v) is 5.58. The van der Waals surface area contributed by atoms with E-state index < -0.39 is 0 Å². The van der Waals surface area contributed by atoms with Crippen molar-refractivity contribution in [2.45, 2.75) is 19.8 Å². The molecule has 1 fully saturated rings. The van der Waals surface area contributed by atoms with Gasteiger partial charge in [-0.05, 0) is 48.7 Å². The van der Waals surface area contributed by atoms with Crippen LogP contribution in [0.2, 0.25) is 0 Å². The number of carbonyl (C=O) groups excluding carboxylic acids is 1. The van der Waals surface area contributed by atoms with E-state index in [1.807, 2.05) is 19.1 Å². The van der Waals surface area contributed by atoms with Gasteiger partial charge in [0.2, 0.25) is 5.91 Å². The molecule has 0 unspecified atom stereocenters. The lowest BCUT2D eigenvalue weighted by Crippen LogP contribution is -2.46. The summed E-state index contributed by atoms with van der Waals surface area (Å²) in [6.45, 7) is 7.78. The minimum atomic E-state index is 0.115. The predicted molar refractivity (Wildman–Crippen MR) is 119 cm³/mol. The smallest absolute Gasteiger partial charge is 0.224 e. The first-order valence-electron chi connectivity index (χ1n) is 10.5. The number of amides is 1. The van der Waals surface area contributed by atoms with Gasteiger partial charge in [0.25, 0.3) is 0 Å². The molecule has 0 aliphatic carbocycles. The third-order valence-electron chi connectivity index (χ3n) is 5.58. The number of benzene rings is 2. The number of fused-ring (bicyclic) bond motifs is 1. The van der Waals surface area contributed by atoms with Crippen molar-refractivity contribution < 1.29 is 9.53 Å². The van der Waals surface area contributed by atoms with Crippen LogP contribution < -0.4 is 15.0 Å². The minimum absolute atomic E-state index is 0.115. The van der Waals surface area contributed by atoms with E-state index in [1.54, 1.807) is 0 Å². The van der Waals surface area contributed by atoms with Gasteiger partial charge in [-0.15, -0.1) is 0 Å². The van der Waals surface area contributed by atoms with Gasteiger partial charge in [-0.1, -0.05) is 30.4 Å². The lowest BCUT2D eigenvalue weighted by molar-refractivity contribution is -0.116. The largest absolute Gasteiger partial charge is 0.492 e. The van der Waals surface area contributed by atoms with E-state index >= 15 is 0 Å². The molecule has 2 aromatic carbocycles. The number of ether oxygens (including phenoxy) is 1. The average molecular weight is 392 g/mol. The molecule has 1 N–H and O–H groups in total. The maximum absolute atomic E-state index is 11.5. The first kappa shape index (κ1) is 19.5. The van der Waals surface area contributed by atoms with E-state index in [1.165, 1.54) is 16.8 Å². The summed E-state index contributed by atoms with van der Waals surface area (Å²) in [5.41, 5.74) is 4.59. The van der Waals surface area contributed by atoms with Gasteiger partial charge >= 0.3 is 0 Å². The molecule has 152 valence electrons. The number of para-hydroxylation sites is 2. The molecule has 0 spiro atoms. The lowest BCUT2D eigenvalue weighted by Gasteiger charge is -2.36. The van der Waals surface area contributed by atoms with E-state index in [0.29, 0.717) is 13.0 Å². The van der Waals surface area contributed by atoms with Gasteiger partial charge in [0, 0.05) is 44.8 Å². The first-order valence-corrected chi connectivity index (χ1v) is 10.5. The van der Waals surface area contributed by atoms with E-state index in [0.717, 1.165) is 50.6 Å². The number of aryl methyl sites for hydroxylation is 1. The Hall–Kier alpha value is -2.79. The van der Waals surface area contributed by atoms with E-state index in [2.05, 4.69) is 57.6 Å². The molecule has 5 heteroatoms. The van der Waals surface area contributed by atoms with Gasteiger partial charge in [-0.3, -0.25) is 9.69 Å². The van der Waals surface area contributed by atoms with Crippen molar-refractivity contribution in [3.05, 3.63) is 59.7 Å². The summed E-state index contributed by atoms with van der Waals surface area (Å²) < 4.78 is 5.79. The van der Waals surface area contributed by atoms with Crippen molar-refractivity contribution in [2.24, 2.45) is 0 Å². The van der Waals surface area contributed by atoms with E-state index in [4.69, 9.17) is 4.74 Å². The highest BCUT2D eigenvalue weighted by atomic mass is 16.5. The first-order chi connectivity index (χ1) is 14.2. The Bertz CT molecular complexity index is 885. The van der Waals surface area contributed by atoms with Crippen LogP contribution >= 0.6 is 0 Å². The molecule has 2 heterocycles. The van der Waals surface area contributed by atoms with Gasteiger partial charge < -0.3 is 15.0 Å². The molecule has 1 saturated heterocycles. The molecule has 0 atom stereocenters. The molecule has 0 radical (unpaired) electrons. The zero-order valence-corrected chi connectivity index (χ0v) is 17.1. The SMILES string of the molecule is CCOc1ccccc1N1CCN(CC=Cc2ccc3c(c2)CCC(=O)N3)CC1. The number of piperazine rings is 1. The van der Waals surface area contributed by atoms with E-state index in [-0.39, 0.29) is 5.91 Å². The molecule has 0 saturated carbocycles. The van der Waals surface area contributed by atoms with Gasteiger partial charge in [0.05, 0.1) is 12.3 Å². The molecule has 0 bridgehead atoms. The Labute approximate surface area is 173 Å². The molecule has 4 rings (SSSR count). The number of rotatable bonds is 6. The second-order valence-corrected chi connectivity index (χ2v) is 7.56. The third kappa shape index (κ3) is 4.80. The molecule has 2 aliphatic heterocycles. The number of anilines is 2. The zero-order valence-electron chi connectivity index (χ0n) is 17.1. The molecule has 0 aromatic heterocycles. The van der Waals surface area contributed by atoms with Crippen LogP contribution in [-0.4, -0.2) is 50.1 Å². The van der Waals surface area contributed by atoms with Crippen LogP contribution in [0, 0.1) is 0 Å². The summed E-state index contributed by atoms with van der Waals surface area (Å²) in [7, 11) is 0. The second kappa shape index (κ2) is 9.14. The highest BCUT2D eigenvalue weighted by Crippen LogP contribution is 2.29. The lowest BCUT2D eigenvalue weighted by atomic mass is 10.0. The Balaban J connectivity index is 1.30. The Morgan fingerprint density at radius 3 is 2.72 bits per heavy atom. The molecule has 2 aromatic rings. The van der Waals surface area contributed by atoms with Crippen molar-refractivity contribution in [1.29, 1.82) is 0 Å². The van der Waals surface area contributed by atoms with Crippen molar-refractivity contribution >= 4 is 23.4 Å². The van der Waals surface area contributed by atoms with Gasteiger partial charge in [0.1, 0.15) is 5.75 Å². The van der Waals surface area contributed by atoms with Crippen LogP contribution in [0.5, 0.6) is 5.75 Å². The fraction of sp³-hybridized carbons (Fsp3) is 0.375. The summed E-state index contributed by atoms with van der Waals surface area (Å²) in [6, 6.07) is 14.6. The van der Waals surface area contributed by atoms with Crippen molar-refractivity contribution in [3.63, 3.8) is 0 Å². The van der Waals surface area contributed by atoms with Gasteiger partial charge in [0.15, 0.2) is 0 Å². The van der Waals surface area contributed by atoms with Crippen LogP contribution in [0.25, 0.3) is 6.08 Å². The minimum Gasteiger partial charge on any atom is -0.492 e. The second-order valence-electron chi connectivity index (χ2n) is 7.56. The number of nitrogens with one attached hydrogen (secondary N) is 1. The summed E-state index contributed by atoms with van der Waals surface area (Å²) >= 11 is 0. The Morgan fingerprint density at radius 2 is 1.90 bits per heavy atom. The summed E-state index contributed by atoms with van der Waals surface area (Å²) in [5, 5.41) is 2.94. The molecule has 2 aliphatic rings. The van der Waals surface area contributed by atoms with Crippen LogP contribution in [0.4, 0.5) is 11.4 Å². The monoisotopic (exact) mass is 391 g/mol. The number of nitrogens with zero attached hydrogens (tertiary/aromatic N) is 2. The summed E-state index contributed by atoms with van der Waals surface area (Å²) in [6.07, 6.45) is 5.84. The van der Waals surface area contributed by atoms with Crippen LogP contribution in [0.15, 0.2) is 48.5 Å². The summed E-state index contributed by atoms with van der Waals surface area (Å²) in [4.78, 5) is 16.4. The van der Waals surface area contributed by atoms with Crippen LogP contribution in [-0.2, 0) is 11.2 Å². The number of hydrogen-bond donors (Lipinski definition) is 1. The van der Waals surface area contributed by atoms with Gasteiger partial charge in [-0.25, -0.2) is 0 Å². The van der Waals surface area contributed by atoms with Gasteiger partial charge in [-0.2, -0.15) is 0 Å². The van der Waals surface area contributed by atoms with Crippen LogP contribution in [0.3, 0.4) is 0 Å². The quantitative estimate of drug-likeness (QED) is 0.813. The summed E-state index contributed by atoms with van der Waals surface area (Å²) in [5.74, 6) is 1.09. The zero-order chi connectivity index (χ0) is 20.1. The van der Waals surface area contributed by atoms with Crippen LogP contribution in [0.1, 0.15) is 24.5 Å². The molecule has 5 nitrogen and oxygen atoms in total. The number of carbonyl (C=O) groups is 1. The van der Waals surface area contributed by atoms with Crippen molar-refractivity contribution in [2.75, 3.05) is 49.5 Å². The molecular weight excluding hydrogens is 362 g/mol. The predicted octanol–water partition coefficient (Wildman–Crippen LogP) is 3.81. The fourth-order valence-corrected chi connectivity index (χ4v) is 4.01.